The lowest BCUT2D eigenvalue weighted by Crippen LogP contribution is -2.56. The van der Waals surface area contributed by atoms with Gasteiger partial charge in [-0.3, -0.25) is 14.4 Å². The van der Waals surface area contributed by atoms with Crippen LogP contribution in [-0.2, 0) is 19.2 Å². The fourth-order valence-electron chi connectivity index (χ4n) is 1.60. The molecule has 0 aromatic heterocycles. The number of carbonyl (C=O) groups excluding carboxylic acids is 2. The van der Waals surface area contributed by atoms with Crippen molar-refractivity contribution < 1.29 is 30.8 Å². The minimum absolute atomic E-state index is 0.186. The van der Waals surface area contributed by atoms with Crippen molar-refractivity contribution in [3.63, 3.8) is 0 Å². The van der Waals surface area contributed by atoms with Crippen molar-refractivity contribution in [3.8, 4) is 0 Å². The fraction of sp³-hybridized carbons (Fsp3) is 0.692. The molecule has 0 aliphatic rings. The van der Waals surface area contributed by atoms with Gasteiger partial charge in [0.15, 0.2) is 1.41 Å². The zero-order valence-corrected chi connectivity index (χ0v) is 13.8. The molecule has 9 nitrogen and oxygen atoms in total. The number of aliphatic carboxylic acids is 2. The Bertz CT molecular complexity index is 490. The van der Waals surface area contributed by atoms with E-state index >= 15 is 0 Å². The zero-order chi connectivity index (χ0) is 19.0. The van der Waals surface area contributed by atoms with Gasteiger partial charge in [0, 0.05) is 12.2 Å². The van der Waals surface area contributed by atoms with Gasteiger partial charge in [-0.25, -0.2) is 4.79 Å². The summed E-state index contributed by atoms with van der Waals surface area (Å²) in [6.07, 6.45) is -0.541. The normalized spacial score (nSPS) is 15.3. The molecule has 0 fully saturated rings. The highest BCUT2D eigenvalue weighted by Crippen LogP contribution is 2.03. The molecule has 0 aliphatic heterocycles. The molecule has 0 aliphatic carbocycles. The van der Waals surface area contributed by atoms with Crippen molar-refractivity contribution in [3.05, 3.63) is 0 Å². The Hall–Kier alpha value is -1.81. The third-order valence-electron chi connectivity index (χ3n) is 2.98. The van der Waals surface area contributed by atoms with Crippen molar-refractivity contribution in [1.29, 1.82) is 0 Å². The van der Waals surface area contributed by atoms with Gasteiger partial charge in [0.05, 0.1) is 6.04 Å². The molecule has 23 heavy (non-hydrogen) atoms. The summed E-state index contributed by atoms with van der Waals surface area (Å²) in [6, 6.07) is -3.78. The average Bonchev–Trinajstić information content (AvgIpc) is 2.49. The van der Waals surface area contributed by atoms with Gasteiger partial charge in [0.2, 0.25) is 11.8 Å². The first-order valence-corrected chi connectivity index (χ1v) is 7.59. The maximum atomic E-state index is 12.2. The Kier molecular flexibility index (Phi) is 8.41. The van der Waals surface area contributed by atoms with Crippen LogP contribution in [0.5, 0.6) is 0 Å². The van der Waals surface area contributed by atoms with Crippen molar-refractivity contribution in [1.82, 2.24) is 10.6 Å². The molecule has 0 aromatic rings. The quantitative estimate of drug-likeness (QED) is 0.270. The molecule has 0 saturated heterocycles. The highest BCUT2D eigenvalue weighted by atomic mass is 32.1. The molecule has 0 unspecified atom stereocenters. The monoisotopic (exact) mass is 350 g/mol. The van der Waals surface area contributed by atoms with E-state index in [2.05, 4.69) is 17.9 Å². The molecule has 0 spiro atoms. The third kappa shape index (κ3) is 7.84. The second kappa shape index (κ2) is 10.1. The van der Waals surface area contributed by atoms with Crippen LogP contribution in [0.1, 0.15) is 26.7 Å². The molecule has 10 heteroatoms. The van der Waals surface area contributed by atoms with Gasteiger partial charge in [-0.2, -0.15) is 12.6 Å². The maximum Gasteiger partial charge on any atom is 0.326 e. The Labute approximate surface area is 140 Å². The summed E-state index contributed by atoms with van der Waals surface area (Å²) in [6.45, 7) is 3.19. The predicted octanol–water partition coefficient (Wildman–Crippen LogP) is -1.18. The summed E-state index contributed by atoms with van der Waals surface area (Å²) < 4.78 is 7.74. The summed E-state index contributed by atoms with van der Waals surface area (Å²) in [5.74, 6) is -4.80. The zero-order valence-electron chi connectivity index (χ0n) is 13.9. The molecule has 6 N–H and O–H groups in total. The molecular weight excluding hydrogens is 326 g/mol. The molecule has 0 rings (SSSR count). The topological polar surface area (TPSA) is 159 Å². The number of nitrogens with two attached hydrogens (primary N) is 1. The first-order chi connectivity index (χ1) is 11.0. The van der Waals surface area contributed by atoms with Gasteiger partial charge in [-0.1, -0.05) is 13.8 Å². The Morgan fingerprint density at radius 2 is 1.78 bits per heavy atom. The number of carboxylic acids is 2. The van der Waals surface area contributed by atoms with E-state index in [0.29, 0.717) is 5.31 Å². The summed E-state index contributed by atoms with van der Waals surface area (Å²) in [5.41, 5.74) is 5.53. The Balaban J connectivity index is 4.97. The van der Waals surface area contributed by atoms with Crippen LogP contribution >= 0.6 is 12.6 Å². The number of hydrogen-bond donors (Lipinski definition) is 6. The molecular formula is C13H23N3O6S. The van der Waals surface area contributed by atoms with Gasteiger partial charge in [0.25, 0.3) is 0 Å². The highest BCUT2D eigenvalue weighted by Gasteiger charge is 2.28. The second-order valence-corrected chi connectivity index (χ2v) is 5.64. The largest absolute Gasteiger partial charge is 0.481 e. The number of hydrogen-bond acceptors (Lipinski definition) is 6. The first kappa shape index (κ1) is 19.2. The van der Waals surface area contributed by atoms with Crippen molar-refractivity contribution in [2.45, 2.75) is 44.8 Å². The SMILES string of the molecule is [2H]N(C(=O)[C@@H](N)CCC(=O)O)[C@@H](CS)C(=O)N[C@H](C(=O)O)C(C)C. The highest BCUT2D eigenvalue weighted by molar-refractivity contribution is 7.80. The molecule has 0 radical (unpaired) electrons. The summed E-state index contributed by atoms with van der Waals surface area (Å²) in [4.78, 5) is 45.8. The van der Waals surface area contributed by atoms with Crippen molar-refractivity contribution in [2.24, 2.45) is 11.7 Å². The van der Waals surface area contributed by atoms with E-state index in [1.165, 1.54) is 0 Å². The van der Waals surface area contributed by atoms with Gasteiger partial charge >= 0.3 is 11.9 Å². The maximum absolute atomic E-state index is 12.2. The van der Waals surface area contributed by atoms with E-state index < -0.39 is 47.8 Å². The van der Waals surface area contributed by atoms with Crippen molar-refractivity contribution >= 4 is 36.4 Å². The van der Waals surface area contributed by atoms with E-state index in [0.717, 1.165) is 0 Å². The number of carboxylic acid groups (broad SMARTS) is 2. The van der Waals surface area contributed by atoms with Crippen LogP contribution in [0.25, 0.3) is 0 Å². The lowest BCUT2D eigenvalue weighted by Gasteiger charge is -2.23. The number of thiol groups is 1. The van der Waals surface area contributed by atoms with Crippen LogP contribution in [0.15, 0.2) is 0 Å². The molecule has 0 bridgehead atoms. The van der Waals surface area contributed by atoms with Crippen LogP contribution in [0.4, 0.5) is 0 Å². The van der Waals surface area contributed by atoms with Crippen LogP contribution in [0.2, 0.25) is 1.41 Å². The fourth-order valence-corrected chi connectivity index (χ4v) is 1.84. The summed E-state index contributed by atoms with van der Waals surface area (Å²) in [5, 5.41) is 20.2. The first-order valence-electron chi connectivity index (χ1n) is 7.41. The summed E-state index contributed by atoms with van der Waals surface area (Å²) >= 11 is 3.91. The van der Waals surface area contributed by atoms with Crippen LogP contribution in [0.3, 0.4) is 0 Å². The molecule has 0 aromatic carbocycles. The van der Waals surface area contributed by atoms with Crippen LogP contribution in [-0.4, -0.2) is 57.8 Å². The predicted molar refractivity (Wildman–Crippen MR) is 85.0 cm³/mol. The van der Waals surface area contributed by atoms with Gasteiger partial charge in [-0.15, -0.1) is 0 Å². The van der Waals surface area contributed by atoms with E-state index in [1.807, 2.05) is 0 Å². The molecule has 3 atom stereocenters. The minimum atomic E-state index is -1.35. The average molecular weight is 350 g/mol. The Morgan fingerprint density at radius 3 is 2.17 bits per heavy atom. The van der Waals surface area contributed by atoms with Crippen molar-refractivity contribution in [2.75, 3.05) is 5.75 Å². The van der Waals surface area contributed by atoms with Gasteiger partial charge in [-0.05, 0) is 12.3 Å². The number of carbonyl (C=O) groups is 4. The smallest absolute Gasteiger partial charge is 0.326 e. The van der Waals surface area contributed by atoms with E-state index in [1.54, 1.807) is 13.8 Å². The minimum Gasteiger partial charge on any atom is -0.481 e. The number of rotatable bonds is 10. The lowest BCUT2D eigenvalue weighted by atomic mass is 10.0. The molecule has 0 heterocycles. The number of nitrogens with one attached hydrogen (secondary N) is 2. The third-order valence-corrected chi connectivity index (χ3v) is 3.32. The summed E-state index contributed by atoms with van der Waals surface area (Å²) in [7, 11) is 0. The van der Waals surface area contributed by atoms with E-state index in [-0.39, 0.29) is 18.6 Å². The Morgan fingerprint density at radius 1 is 1.22 bits per heavy atom. The standard InChI is InChI=1S/C13H23N3O6S/c1-6(2)10(13(21)22)16-12(20)8(5-23)15-11(19)7(14)3-4-9(17)18/h6-8,10,23H,3-5,14H2,1-2H3,(H,15,19)(H,16,20)(H,17,18)(H,21,22)/t7-,8-,10-/m0/s1/i/hD. The molecule has 2 amide bonds. The van der Waals surface area contributed by atoms with E-state index in [9.17, 15) is 19.2 Å². The van der Waals surface area contributed by atoms with E-state index in [4.69, 9.17) is 17.4 Å². The van der Waals surface area contributed by atoms with Gasteiger partial charge < -0.3 is 26.6 Å². The van der Waals surface area contributed by atoms with Crippen LogP contribution < -0.4 is 16.4 Å². The molecule has 0 saturated carbocycles. The van der Waals surface area contributed by atoms with Crippen LogP contribution in [0, 0.1) is 5.92 Å². The molecule has 132 valence electrons. The lowest BCUT2D eigenvalue weighted by molar-refractivity contribution is -0.143. The second-order valence-electron chi connectivity index (χ2n) is 5.27. The van der Waals surface area contributed by atoms with Gasteiger partial charge in [0.1, 0.15) is 12.1 Å². The number of amides is 2.